The van der Waals surface area contributed by atoms with Gasteiger partial charge in [0.15, 0.2) is 11.6 Å². The van der Waals surface area contributed by atoms with Gasteiger partial charge in [-0.1, -0.05) is 64.0 Å². The Kier molecular flexibility index (Phi) is 8.21. The fourth-order valence-electron chi connectivity index (χ4n) is 6.54. The topological polar surface area (TPSA) is 26.3 Å². The summed E-state index contributed by atoms with van der Waals surface area (Å²) in [6, 6.07) is 4.47. The highest BCUT2D eigenvalue weighted by Crippen LogP contribution is 2.49. The van der Waals surface area contributed by atoms with Crippen LogP contribution in [0.4, 0.5) is 13.2 Å². The predicted octanol–water partition coefficient (Wildman–Crippen LogP) is 8.70. The van der Waals surface area contributed by atoms with Crippen molar-refractivity contribution in [2.45, 2.75) is 89.9 Å². The van der Waals surface area contributed by atoms with E-state index in [1.807, 2.05) is 0 Å². The van der Waals surface area contributed by atoms with Crippen LogP contribution in [0.25, 0.3) is 10.8 Å². The van der Waals surface area contributed by atoms with E-state index in [0.717, 1.165) is 32.3 Å². The zero-order chi connectivity index (χ0) is 24.2. The Morgan fingerprint density at radius 2 is 1.65 bits per heavy atom. The summed E-state index contributed by atoms with van der Waals surface area (Å²) < 4.78 is 49.3. The highest BCUT2D eigenvalue weighted by Gasteiger charge is 2.37. The van der Waals surface area contributed by atoms with E-state index < -0.39 is 29.0 Å². The SMILES string of the molecule is CCCCCCCC1CCC2CC(c3ccc4cc(C(=O)OC)c(F)c(F)c4c3F)CCC2C1. The number of unbranched alkanes of at least 4 members (excludes halogenated alkanes) is 4. The summed E-state index contributed by atoms with van der Waals surface area (Å²) in [7, 11) is 1.10. The summed E-state index contributed by atoms with van der Waals surface area (Å²) in [6.07, 6.45) is 14.6. The number of carbonyl (C=O) groups excluding carboxylic acids is 1. The summed E-state index contributed by atoms with van der Waals surface area (Å²) in [6.45, 7) is 2.25. The summed E-state index contributed by atoms with van der Waals surface area (Å²) in [5.74, 6) is -2.17. The number of benzene rings is 2. The lowest BCUT2D eigenvalue weighted by molar-refractivity contribution is 0.0594. The van der Waals surface area contributed by atoms with Crippen LogP contribution in [0.5, 0.6) is 0 Å². The van der Waals surface area contributed by atoms with Crippen LogP contribution in [0.15, 0.2) is 18.2 Å². The van der Waals surface area contributed by atoms with Crippen molar-refractivity contribution in [3.8, 4) is 0 Å². The van der Waals surface area contributed by atoms with Gasteiger partial charge in [-0.15, -0.1) is 0 Å². The van der Waals surface area contributed by atoms with Crippen molar-refractivity contribution in [3.05, 3.63) is 46.8 Å². The summed E-state index contributed by atoms with van der Waals surface area (Å²) in [4.78, 5) is 11.8. The molecule has 0 bridgehead atoms. The number of halogens is 3. The van der Waals surface area contributed by atoms with Gasteiger partial charge in [-0.25, -0.2) is 18.0 Å². The number of rotatable bonds is 8. The van der Waals surface area contributed by atoms with Gasteiger partial charge in [0.05, 0.1) is 18.1 Å². The maximum Gasteiger partial charge on any atom is 0.340 e. The monoisotopic (exact) mass is 474 g/mol. The van der Waals surface area contributed by atoms with Crippen LogP contribution in [0.1, 0.15) is 106 Å². The Bertz CT molecular complexity index is 1020. The van der Waals surface area contributed by atoms with Gasteiger partial charge >= 0.3 is 5.97 Å². The molecule has 34 heavy (non-hydrogen) atoms. The van der Waals surface area contributed by atoms with Gasteiger partial charge in [0.25, 0.3) is 0 Å². The molecule has 186 valence electrons. The normalized spacial score (nSPS) is 24.7. The van der Waals surface area contributed by atoms with Crippen LogP contribution in [-0.4, -0.2) is 13.1 Å². The Morgan fingerprint density at radius 3 is 2.41 bits per heavy atom. The first-order chi connectivity index (χ1) is 16.4. The van der Waals surface area contributed by atoms with Gasteiger partial charge < -0.3 is 4.74 Å². The second-order valence-electron chi connectivity index (χ2n) is 10.5. The van der Waals surface area contributed by atoms with Gasteiger partial charge in [0.2, 0.25) is 0 Å². The van der Waals surface area contributed by atoms with Crippen LogP contribution in [0, 0.1) is 35.2 Å². The lowest BCUT2D eigenvalue weighted by atomic mass is 9.63. The van der Waals surface area contributed by atoms with Gasteiger partial charge in [-0.05, 0) is 72.8 Å². The standard InChI is InChI=1S/C29H37F3O2/c1-3-4-5-6-7-8-18-9-10-20-16-21(12-11-19(20)15-18)23-14-13-22-17-24(29(33)34-2)27(31)28(32)25(22)26(23)30/h13-14,17-21H,3-12,15-16H2,1-2H3. The molecule has 5 heteroatoms. The molecule has 2 aliphatic rings. The second kappa shape index (κ2) is 11.1. The van der Waals surface area contributed by atoms with Crippen LogP contribution in [-0.2, 0) is 4.74 Å². The van der Waals surface area contributed by atoms with Crippen LogP contribution < -0.4 is 0 Å². The number of hydrogen-bond donors (Lipinski definition) is 0. The highest BCUT2D eigenvalue weighted by atomic mass is 19.2. The predicted molar refractivity (Wildman–Crippen MR) is 129 cm³/mol. The van der Waals surface area contributed by atoms with Crippen molar-refractivity contribution in [1.82, 2.24) is 0 Å². The molecule has 0 radical (unpaired) electrons. The van der Waals surface area contributed by atoms with Gasteiger partial charge in [0.1, 0.15) is 5.82 Å². The Labute approximate surface area is 201 Å². The molecule has 4 unspecified atom stereocenters. The molecule has 2 aromatic carbocycles. The number of carbonyl (C=O) groups is 1. The van der Waals surface area contributed by atoms with E-state index in [-0.39, 0.29) is 16.7 Å². The molecule has 2 aliphatic carbocycles. The molecule has 0 aliphatic heterocycles. The average Bonchev–Trinajstić information content (AvgIpc) is 2.85. The first kappa shape index (κ1) is 25.1. The lowest BCUT2D eigenvalue weighted by Crippen LogP contribution is -2.30. The van der Waals surface area contributed by atoms with Crippen molar-refractivity contribution >= 4 is 16.7 Å². The fourth-order valence-corrected chi connectivity index (χ4v) is 6.54. The third-order valence-electron chi connectivity index (χ3n) is 8.44. The average molecular weight is 475 g/mol. The minimum absolute atomic E-state index is 0.0268. The molecule has 0 amide bonds. The largest absolute Gasteiger partial charge is 0.465 e. The van der Waals surface area contributed by atoms with E-state index in [1.54, 1.807) is 12.1 Å². The van der Waals surface area contributed by atoms with Crippen molar-refractivity contribution in [2.75, 3.05) is 7.11 Å². The maximum absolute atomic E-state index is 15.5. The molecule has 0 aromatic heterocycles. The molecule has 2 saturated carbocycles. The zero-order valence-electron chi connectivity index (χ0n) is 20.5. The van der Waals surface area contributed by atoms with Gasteiger partial charge in [0, 0.05) is 0 Å². The van der Waals surface area contributed by atoms with E-state index in [0.29, 0.717) is 17.4 Å². The quantitative estimate of drug-likeness (QED) is 0.282. The summed E-state index contributed by atoms with van der Waals surface area (Å²) in [5.41, 5.74) is -0.0320. The number of methoxy groups -OCH3 is 1. The van der Waals surface area contributed by atoms with E-state index in [1.165, 1.54) is 63.9 Å². The first-order valence-electron chi connectivity index (χ1n) is 13.1. The summed E-state index contributed by atoms with van der Waals surface area (Å²) in [5, 5.41) is -0.190. The van der Waals surface area contributed by atoms with Gasteiger partial charge in [-0.3, -0.25) is 0 Å². The number of esters is 1. The van der Waals surface area contributed by atoms with Crippen molar-refractivity contribution in [2.24, 2.45) is 17.8 Å². The van der Waals surface area contributed by atoms with E-state index in [4.69, 9.17) is 0 Å². The molecular weight excluding hydrogens is 437 g/mol. The molecule has 4 rings (SSSR count). The van der Waals surface area contributed by atoms with Crippen molar-refractivity contribution in [3.63, 3.8) is 0 Å². The second-order valence-corrected chi connectivity index (χ2v) is 10.5. The molecule has 0 heterocycles. The van der Waals surface area contributed by atoms with Crippen molar-refractivity contribution in [1.29, 1.82) is 0 Å². The maximum atomic E-state index is 15.5. The number of fused-ring (bicyclic) bond motifs is 2. The van der Waals surface area contributed by atoms with Crippen LogP contribution >= 0.6 is 0 Å². The zero-order valence-corrected chi connectivity index (χ0v) is 20.5. The van der Waals surface area contributed by atoms with E-state index >= 15 is 4.39 Å². The Hall–Kier alpha value is -2.04. The lowest BCUT2D eigenvalue weighted by Gasteiger charge is -2.42. The fraction of sp³-hybridized carbons (Fsp3) is 0.621. The minimum atomic E-state index is -1.35. The van der Waals surface area contributed by atoms with E-state index in [2.05, 4.69) is 11.7 Å². The number of hydrogen-bond acceptors (Lipinski definition) is 2. The molecule has 0 spiro atoms. The molecule has 2 nitrogen and oxygen atoms in total. The first-order valence-corrected chi connectivity index (χ1v) is 13.1. The third kappa shape index (κ3) is 5.13. The molecule has 2 fully saturated rings. The highest BCUT2D eigenvalue weighted by molar-refractivity contribution is 5.96. The smallest absolute Gasteiger partial charge is 0.340 e. The van der Waals surface area contributed by atoms with Gasteiger partial charge in [-0.2, -0.15) is 0 Å². The third-order valence-corrected chi connectivity index (χ3v) is 8.44. The minimum Gasteiger partial charge on any atom is -0.465 e. The summed E-state index contributed by atoms with van der Waals surface area (Å²) >= 11 is 0. The molecule has 0 saturated heterocycles. The van der Waals surface area contributed by atoms with Crippen LogP contribution in [0.2, 0.25) is 0 Å². The number of ether oxygens (including phenoxy) is 1. The molecule has 4 atom stereocenters. The van der Waals surface area contributed by atoms with Crippen LogP contribution in [0.3, 0.4) is 0 Å². The van der Waals surface area contributed by atoms with Crippen molar-refractivity contribution < 1.29 is 22.7 Å². The Balaban J connectivity index is 1.45. The van der Waals surface area contributed by atoms with E-state index in [9.17, 15) is 13.6 Å². The molecule has 2 aromatic rings. The Morgan fingerprint density at radius 1 is 0.912 bits per heavy atom. The molecule has 0 N–H and O–H groups in total. The molecular formula is C29H37F3O2.